The Balaban J connectivity index is 1.38. The summed E-state index contributed by atoms with van der Waals surface area (Å²) in [4.78, 5) is 83.2. The summed E-state index contributed by atoms with van der Waals surface area (Å²) < 4.78 is 15.6. The number of nitrogen functional groups attached to an aromatic ring is 2. The topological polar surface area (TPSA) is 304 Å². The second-order valence-corrected chi connectivity index (χ2v) is 18.7. The molecule has 2 aromatic carbocycles. The van der Waals surface area contributed by atoms with Crippen molar-refractivity contribution < 1.29 is 43.0 Å². The molecular formula is C48H70ClN11O9. The van der Waals surface area contributed by atoms with E-state index in [1.54, 1.807) is 41.5 Å². The van der Waals surface area contributed by atoms with E-state index in [0.717, 1.165) is 41.5 Å². The van der Waals surface area contributed by atoms with E-state index >= 15 is 0 Å². The lowest BCUT2D eigenvalue weighted by Gasteiger charge is -2.23. The van der Waals surface area contributed by atoms with Gasteiger partial charge in [-0.05, 0) is 128 Å². The largest absolute Gasteiger partial charge is 0.467 e. The Bertz CT molecular complexity index is 2200. The monoisotopic (exact) mass is 980 g/mol. The highest BCUT2D eigenvalue weighted by atomic mass is 35.5. The van der Waals surface area contributed by atoms with E-state index in [4.69, 9.17) is 42.7 Å². The summed E-state index contributed by atoms with van der Waals surface area (Å²) in [6.45, 7) is 11.6. The highest BCUT2D eigenvalue weighted by Gasteiger charge is 2.25. The second-order valence-electron chi connectivity index (χ2n) is 18.3. The van der Waals surface area contributed by atoms with Crippen molar-refractivity contribution in [3.8, 4) is 11.1 Å². The molecular weight excluding hydrogens is 910 g/mol. The van der Waals surface area contributed by atoms with Crippen LogP contribution in [-0.2, 0) is 41.4 Å². The molecule has 0 fully saturated rings. The Morgan fingerprint density at radius 1 is 0.652 bits per heavy atom. The number of alkyl carbamates (subject to hydrolysis) is 2. The van der Waals surface area contributed by atoms with Crippen molar-refractivity contribution >= 4 is 65.1 Å². The summed E-state index contributed by atoms with van der Waals surface area (Å²) in [6, 6.07) is 14.5. The van der Waals surface area contributed by atoms with E-state index in [-0.39, 0.29) is 47.3 Å². The predicted molar refractivity (Wildman–Crippen MR) is 264 cm³/mol. The molecule has 11 N–H and O–H groups in total. The first-order valence-corrected chi connectivity index (χ1v) is 23.4. The molecule has 20 nitrogen and oxygen atoms in total. The lowest BCUT2D eigenvalue weighted by Crippen LogP contribution is -2.48. The minimum absolute atomic E-state index is 0.0927. The molecule has 0 bridgehead atoms. The Morgan fingerprint density at radius 2 is 1.17 bits per heavy atom. The molecule has 21 heteroatoms. The van der Waals surface area contributed by atoms with Crippen LogP contribution in [0.2, 0.25) is 5.15 Å². The Kier molecular flexibility index (Phi) is 22.9. The molecule has 378 valence electrons. The van der Waals surface area contributed by atoms with Crippen LogP contribution in [0.4, 0.5) is 21.2 Å². The van der Waals surface area contributed by atoms with E-state index in [9.17, 15) is 28.8 Å². The van der Waals surface area contributed by atoms with Crippen LogP contribution in [0.25, 0.3) is 11.1 Å². The normalized spacial score (nSPS) is 12.1. The van der Waals surface area contributed by atoms with Gasteiger partial charge in [-0.15, -0.1) is 0 Å². The highest BCUT2D eigenvalue weighted by molar-refractivity contribution is 6.31. The summed E-state index contributed by atoms with van der Waals surface area (Å²) in [6.07, 6.45) is 4.46. The van der Waals surface area contributed by atoms with Gasteiger partial charge < -0.3 is 52.3 Å². The summed E-state index contributed by atoms with van der Waals surface area (Å²) in [5.41, 5.74) is 13.8. The van der Waals surface area contributed by atoms with E-state index in [0.29, 0.717) is 58.0 Å². The summed E-state index contributed by atoms with van der Waals surface area (Å²) in [5, 5.41) is 24.0. The summed E-state index contributed by atoms with van der Waals surface area (Å²) >= 11 is 5.84. The van der Waals surface area contributed by atoms with Crippen molar-refractivity contribution in [2.75, 3.05) is 38.2 Å². The Hall–Kier alpha value is -6.70. The van der Waals surface area contributed by atoms with E-state index in [1.807, 2.05) is 24.3 Å². The number of hydrogen-bond acceptors (Lipinski definition) is 14. The van der Waals surface area contributed by atoms with Crippen molar-refractivity contribution in [1.82, 2.24) is 41.9 Å². The van der Waals surface area contributed by atoms with Gasteiger partial charge in [0, 0.05) is 26.1 Å². The molecule has 0 saturated heterocycles. The van der Waals surface area contributed by atoms with Crippen LogP contribution in [0.15, 0.2) is 48.5 Å². The molecule has 69 heavy (non-hydrogen) atoms. The number of methoxy groups -OCH3 is 1. The number of ether oxygens (including phenoxy) is 3. The SMILES string of the molecule is COC(=O)[C@H](CCCCNC(=O)[C@H](CCCCNC(=O)OC(C)(C)C)NC(=O)OC(C)(C)C)NC(=O)CCc1ccc(-c2ccc(CCCCNC(=N)NC(=O)c3nc(Cl)c(N)nc3N)cc2)cc1. The van der Waals surface area contributed by atoms with Gasteiger partial charge in [-0.1, -0.05) is 60.1 Å². The van der Waals surface area contributed by atoms with Crippen LogP contribution in [-0.4, -0.2) is 102 Å². The third-order valence-electron chi connectivity index (χ3n) is 10.1. The molecule has 0 aliphatic heterocycles. The first-order valence-electron chi connectivity index (χ1n) is 23.0. The number of amides is 5. The van der Waals surface area contributed by atoms with Gasteiger partial charge in [-0.25, -0.2) is 24.4 Å². The number of anilines is 2. The standard InChI is InChI=1S/C48H70ClN11O9/c1-47(2,3)68-45(65)55-29-13-9-15-34(57-46(66)69-48(4,5)6)41(62)53-27-12-10-16-35(43(64)67-7)56-36(61)26-21-31-19-24-33(25-20-31)32-22-17-30(18-23-32)14-8-11-28-54-44(52)60-42(63)37-39(50)59-40(51)38(49)58-37/h17-20,22-25,34-35H,8-16,21,26-29H2,1-7H3,(H,53,62)(H,55,65)(H,56,61)(H,57,66)(H4,50,51,59)(H3,52,54,60,63)/t34-,35-/m0/s1. The van der Waals surface area contributed by atoms with E-state index in [2.05, 4.69) is 66.1 Å². The predicted octanol–water partition coefficient (Wildman–Crippen LogP) is 5.70. The zero-order valence-corrected chi connectivity index (χ0v) is 41.5. The number of halogens is 1. The van der Waals surface area contributed by atoms with Crippen LogP contribution < -0.4 is 43.4 Å². The lowest BCUT2D eigenvalue weighted by atomic mass is 9.99. The van der Waals surface area contributed by atoms with Gasteiger partial charge in [-0.3, -0.25) is 25.1 Å². The number of unbranched alkanes of at least 4 members (excludes halogenated alkanes) is 3. The summed E-state index contributed by atoms with van der Waals surface area (Å²) in [7, 11) is 1.26. The molecule has 0 spiro atoms. The third-order valence-corrected chi connectivity index (χ3v) is 10.3. The Morgan fingerprint density at radius 3 is 1.75 bits per heavy atom. The maximum absolute atomic E-state index is 13.2. The molecule has 3 aromatic rings. The van der Waals surface area contributed by atoms with Crippen LogP contribution in [0.1, 0.15) is 121 Å². The van der Waals surface area contributed by atoms with Gasteiger partial charge in [0.2, 0.25) is 11.8 Å². The van der Waals surface area contributed by atoms with Gasteiger partial charge in [0.15, 0.2) is 28.4 Å². The van der Waals surface area contributed by atoms with Gasteiger partial charge in [0.1, 0.15) is 23.3 Å². The number of rotatable bonds is 24. The molecule has 0 saturated carbocycles. The number of aromatic nitrogens is 2. The van der Waals surface area contributed by atoms with Crippen molar-refractivity contribution in [1.29, 1.82) is 5.41 Å². The first kappa shape index (κ1) is 56.6. The lowest BCUT2D eigenvalue weighted by molar-refractivity contribution is -0.145. The number of guanidine groups is 1. The fraction of sp³-hybridized carbons (Fsp3) is 0.521. The first-order chi connectivity index (χ1) is 32.5. The molecule has 1 aromatic heterocycles. The van der Waals surface area contributed by atoms with Gasteiger partial charge in [-0.2, -0.15) is 0 Å². The average molecular weight is 981 g/mol. The van der Waals surface area contributed by atoms with Gasteiger partial charge >= 0.3 is 18.2 Å². The fourth-order valence-corrected chi connectivity index (χ4v) is 6.77. The van der Waals surface area contributed by atoms with Crippen molar-refractivity contribution in [2.45, 2.75) is 135 Å². The number of aryl methyl sites for hydroxylation is 2. The maximum atomic E-state index is 13.2. The van der Waals surface area contributed by atoms with Crippen LogP contribution in [0.3, 0.4) is 0 Å². The highest BCUT2D eigenvalue weighted by Crippen LogP contribution is 2.22. The number of carbonyl (C=O) groups is 6. The minimum Gasteiger partial charge on any atom is -0.467 e. The zero-order chi connectivity index (χ0) is 51.1. The Labute approximate surface area is 409 Å². The van der Waals surface area contributed by atoms with Crippen LogP contribution >= 0.6 is 11.6 Å². The zero-order valence-electron chi connectivity index (χ0n) is 40.8. The number of nitrogens with one attached hydrogen (secondary N) is 7. The van der Waals surface area contributed by atoms with Crippen molar-refractivity contribution in [2.24, 2.45) is 0 Å². The molecule has 5 amide bonds. The van der Waals surface area contributed by atoms with Crippen molar-refractivity contribution in [3.63, 3.8) is 0 Å². The number of nitrogens with two attached hydrogens (primary N) is 2. The van der Waals surface area contributed by atoms with Gasteiger partial charge in [0.05, 0.1) is 7.11 Å². The quantitative estimate of drug-likeness (QED) is 0.0171. The number of nitrogens with zero attached hydrogens (tertiary/aromatic N) is 2. The van der Waals surface area contributed by atoms with Crippen LogP contribution in [0.5, 0.6) is 0 Å². The molecule has 0 radical (unpaired) electrons. The molecule has 3 rings (SSSR count). The molecule has 0 aliphatic rings. The summed E-state index contributed by atoms with van der Waals surface area (Å²) in [5.74, 6) is -2.46. The smallest absolute Gasteiger partial charge is 0.408 e. The second kappa shape index (κ2) is 28.0. The van der Waals surface area contributed by atoms with Crippen LogP contribution in [0, 0.1) is 5.41 Å². The van der Waals surface area contributed by atoms with E-state index in [1.165, 1.54) is 7.11 Å². The number of benzene rings is 2. The molecule has 0 unspecified atom stereocenters. The number of carbonyl (C=O) groups excluding carboxylic acids is 6. The maximum Gasteiger partial charge on any atom is 0.408 e. The number of hydrogen-bond donors (Lipinski definition) is 9. The molecule has 0 aliphatic carbocycles. The third kappa shape index (κ3) is 22.3. The fourth-order valence-electron chi connectivity index (χ4n) is 6.64. The van der Waals surface area contributed by atoms with E-state index < -0.39 is 53.3 Å². The molecule has 1 heterocycles. The molecule has 2 atom stereocenters. The van der Waals surface area contributed by atoms with Crippen molar-refractivity contribution in [3.05, 3.63) is 70.5 Å². The average Bonchev–Trinajstić information content (AvgIpc) is 3.27. The number of esters is 1. The minimum atomic E-state index is -0.874. The van der Waals surface area contributed by atoms with Gasteiger partial charge in [0.25, 0.3) is 5.91 Å².